The Bertz CT molecular complexity index is 1060. The average Bonchev–Trinajstić information content (AvgIpc) is 2.56. The smallest absolute Gasteiger partial charge is 0.262 e. The van der Waals surface area contributed by atoms with Crippen molar-refractivity contribution in [1.29, 1.82) is 0 Å². The van der Waals surface area contributed by atoms with Gasteiger partial charge in [0.2, 0.25) is 15.9 Å². The Labute approximate surface area is 157 Å². The molecule has 0 saturated carbocycles. The number of nitrogens with one attached hydrogen (secondary N) is 2. The van der Waals surface area contributed by atoms with E-state index in [0.717, 1.165) is 16.4 Å². The van der Waals surface area contributed by atoms with Gasteiger partial charge in [0.05, 0.1) is 15.5 Å². The number of nitrogens with zero attached hydrogens (tertiary/aromatic N) is 1. The van der Waals surface area contributed by atoms with Gasteiger partial charge in [-0.25, -0.2) is 21.1 Å². The third kappa shape index (κ3) is 4.76. The molecule has 1 amide bonds. The molecule has 0 aromatic heterocycles. The lowest BCUT2D eigenvalue weighted by Crippen LogP contribution is -2.22. The molecule has 146 valence electrons. The molecule has 27 heavy (non-hydrogen) atoms. The maximum Gasteiger partial charge on any atom is 0.262 e. The number of aromatic hydroxyl groups is 1. The third-order valence-corrected chi connectivity index (χ3v) is 6.67. The van der Waals surface area contributed by atoms with Crippen LogP contribution in [0.25, 0.3) is 0 Å². The molecule has 0 spiro atoms. The van der Waals surface area contributed by atoms with Gasteiger partial charge in [0.1, 0.15) is 5.75 Å². The zero-order valence-electron chi connectivity index (χ0n) is 14.8. The van der Waals surface area contributed by atoms with Gasteiger partial charge in [0.25, 0.3) is 10.0 Å². The number of amides is 1. The molecular weight excluding hydrogens is 394 g/mol. The highest BCUT2D eigenvalue weighted by Crippen LogP contribution is 2.29. The van der Waals surface area contributed by atoms with E-state index >= 15 is 0 Å². The maximum absolute atomic E-state index is 12.5. The second-order valence-corrected chi connectivity index (χ2v) is 9.61. The van der Waals surface area contributed by atoms with Gasteiger partial charge < -0.3 is 10.4 Å². The second-order valence-electron chi connectivity index (χ2n) is 5.78. The van der Waals surface area contributed by atoms with Crippen LogP contribution in [0.2, 0.25) is 0 Å². The number of rotatable bonds is 6. The van der Waals surface area contributed by atoms with Gasteiger partial charge in [-0.15, -0.1) is 0 Å². The van der Waals surface area contributed by atoms with Crippen molar-refractivity contribution in [1.82, 2.24) is 4.31 Å². The van der Waals surface area contributed by atoms with Crippen molar-refractivity contribution >= 4 is 37.3 Å². The summed E-state index contributed by atoms with van der Waals surface area (Å²) in [5.74, 6) is -0.723. The Morgan fingerprint density at radius 2 is 1.52 bits per heavy atom. The lowest BCUT2D eigenvalue weighted by Gasteiger charge is -2.14. The number of anilines is 2. The number of hydrogen-bond donors (Lipinski definition) is 3. The number of phenols is 1. The second kappa shape index (κ2) is 7.55. The third-order valence-electron chi connectivity index (χ3n) is 3.48. The molecule has 0 fully saturated rings. The highest BCUT2D eigenvalue weighted by Gasteiger charge is 2.21. The fourth-order valence-electron chi connectivity index (χ4n) is 2.09. The van der Waals surface area contributed by atoms with Gasteiger partial charge >= 0.3 is 0 Å². The highest BCUT2D eigenvalue weighted by molar-refractivity contribution is 7.92. The Morgan fingerprint density at radius 3 is 2.04 bits per heavy atom. The zero-order valence-corrected chi connectivity index (χ0v) is 16.4. The Hall–Kier alpha value is -2.63. The summed E-state index contributed by atoms with van der Waals surface area (Å²) in [4.78, 5) is 10.7. The van der Waals surface area contributed by atoms with Crippen LogP contribution in [-0.2, 0) is 24.8 Å². The van der Waals surface area contributed by atoms with Crippen LogP contribution >= 0.6 is 0 Å². The molecule has 0 heterocycles. The van der Waals surface area contributed by atoms with E-state index in [1.165, 1.54) is 51.4 Å². The van der Waals surface area contributed by atoms with Gasteiger partial charge in [-0.3, -0.25) is 9.52 Å². The Morgan fingerprint density at radius 1 is 0.963 bits per heavy atom. The summed E-state index contributed by atoms with van der Waals surface area (Å²) in [6, 6.07) is 8.65. The predicted molar refractivity (Wildman–Crippen MR) is 101 cm³/mol. The number of hydrogen-bond acceptors (Lipinski definition) is 6. The summed E-state index contributed by atoms with van der Waals surface area (Å²) >= 11 is 0. The minimum absolute atomic E-state index is 0.128. The lowest BCUT2D eigenvalue weighted by atomic mass is 10.3. The number of benzene rings is 2. The fraction of sp³-hybridized carbons (Fsp3) is 0.188. The van der Waals surface area contributed by atoms with Crippen LogP contribution < -0.4 is 10.0 Å². The van der Waals surface area contributed by atoms with Crippen molar-refractivity contribution in [3.8, 4) is 5.75 Å². The van der Waals surface area contributed by atoms with Crippen LogP contribution in [0.15, 0.2) is 52.3 Å². The largest absolute Gasteiger partial charge is 0.506 e. The Kier molecular flexibility index (Phi) is 5.78. The first-order valence-corrected chi connectivity index (χ1v) is 10.5. The van der Waals surface area contributed by atoms with Crippen LogP contribution in [0.4, 0.5) is 11.4 Å². The van der Waals surface area contributed by atoms with E-state index in [4.69, 9.17) is 0 Å². The van der Waals surface area contributed by atoms with Crippen molar-refractivity contribution in [2.45, 2.75) is 16.7 Å². The van der Waals surface area contributed by atoms with Gasteiger partial charge in [-0.2, -0.15) is 0 Å². The van der Waals surface area contributed by atoms with Gasteiger partial charge in [-0.05, 0) is 42.5 Å². The summed E-state index contributed by atoms with van der Waals surface area (Å²) in [6.45, 7) is 1.32. The van der Waals surface area contributed by atoms with Crippen LogP contribution in [0.3, 0.4) is 0 Å². The van der Waals surface area contributed by atoms with Crippen LogP contribution in [0.1, 0.15) is 6.92 Å². The molecule has 9 nitrogen and oxygen atoms in total. The lowest BCUT2D eigenvalue weighted by molar-refractivity contribution is -0.114. The molecule has 2 rings (SSSR count). The maximum atomic E-state index is 12.5. The molecule has 0 aliphatic rings. The summed E-state index contributed by atoms with van der Waals surface area (Å²) in [7, 11) is -5.23. The molecular formula is C16H19N3O6S2. The number of sulfonamides is 2. The summed E-state index contributed by atoms with van der Waals surface area (Å²) < 4.78 is 52.5. The minimum atomic E-state index is -4.09. The van der Waals surface area contributed by atoms with Gasteiger partial charge in [0, 0.05) is 26.7 Å². The minimum Gasteiger partial charge on any atom is -0.506 e. The topological polar surface area (TPSA) is 133 Å². The number of carbonyl (C=O) groups excluding carboxylic acids is 1. The monoisotopic (exact) mass is 413 g/mol. The van der Waals surface area contributed by atoms with Crippen molar-refractivity contribution in [2.75, 3.05) is 24.1 Å². The SMILES string of the molecule is CC(=O)Nc1ccc(S(=O)(=O)Nc2cc(S(=O)(=O)N(C)C)ccc2O)cc1. The molecule has 0 bridgehead atoms. The van der Waals surface area contributed by atoms with E-state index in [9.17, 15) is 26.7 Å². The first-order valence-electron chi connectivity index (χ1n) is 7.59. The molecule has 0 saturated heterocycles. The van der Waals surface area contributed by atoms with Crippen LogP contribution in [0.5, 0.6) is 5.75 Å². The van der Waals surface area contributed by atoms with Crippen LogP contribution in [0, 0.1) is 0 Å². The van der Waals surface area contributed by atoms with Crippen LogP contribution in [-0.4, -0.2) is 46.2 Å². The average molecular weight is 413 g/mol. The standard InChI is InChI=1S/C16H19N3O6S2/c1-11(20)17-12-4-6-13(7-5-12)26(22,23)18-15-10-14(8-9-16(15)21)27(24,25)19(2)3/h4-10,18,21H,1-3H3,(H,17,20). The van der Waals surface area contributed by atoms with E-state index in [-0.39, 0.29) is 21.4 Å². The van der Waals surface area contributed by atoms with Gasteiger partial charge in [-0.1, -0.05) is 0 Å². The first-order chi connectivity index (χ1) is 12.4. The normalized spacial score (nSPS) is 12.0. The number of phenolic OH excluding ortho intramolecular Hbond substituents is 1. The predicted octanol–water partition coefficient (Wildman–Crippen LogP) is 1.40. The van der Waals surface area contributed by atoms with Crippen molar-refractivity contribution in [2.24, 2.45) is 0 Å². The molecule has 11 heteroatoms. The first kappa shape index (κ1) is 20.7. The Balaban J connectivity index is 2.36. The van der Waals surface area contributed by atoms with E-state index in [2.05, 4.69) is 10.0 Å². The number of carbonyl (C=O) groups is 1. The van der Waals surface area contributed by atoms with E-state index in [1.54, 1.807) is 0 Å². The van der Waals surface area contributed by atoms with Gasteiger partial charge in [0.15, 0.2) is 0 Å². The van der Waals surface area contributed by atoms with E-state index in [1.807, 2.05) is 0 Å². The summed E-state index contributed by atoms with van der Waals surface area (Å²) in [5.41, 5.74) is 0.146. The molecule has 0 aliphatic carbocycles. The van der Waals surface area contributed by atoms with E-state index < -0.39 is 25.8 Å². The van der Waals surface area contributed by atoms with Crippen molar-refractivity contribution in [3.63, 3.8) is 0 Å². The molecule has 3 N–H and O–H groups in total. The zero-order chi connectivity index (χ0) is 20.4. The molecule has 2 aromatic rings. The summed E-state index contributed by atoms with van der Waals surface area (Å²) in [6.07, 6.45) is 0. The molecule has 0 unspecified atom stereocenters. The fourth-order valence-corrected chi connectivity index (χ4v) is 4.09. The van der Waals surface area contributed by atoms with Crippen molar-refractivity contribution in [3.05, 3.63) is 42.5 Å². The quantitative estimate of drug-likeness (QED) is 0.613. The molecule has 0 aliphatic heterocycles. The highest BCUT2D eigenvalue weighted by atomic mass is 32.2. The molecule has 2 aromatic carbocycles. The molecule has 0 atom stereocenters. The van der Waals surface area contributed by atoms with E-state index in [0.29, 0.717) is 5.69 Å². The molecule has 0 radical (unpaired) electrons. The van der Waals surface area contributed by atoms with Crippen molar-refractivity contribution < 1.29 is 26.7 Å². The summed E-state index contributed by atoms with van der Waals surface area (Å²) in [5, 5.41) is 12.4.